The third kappa shape index (κ3) is 4.54. The molecule has 0 spiro atoms. The van der Waals surface area contributed by atoms with Gasteiger partial charge >= 0.3 is 0 Å². The van der Waals surface area contributed by atoms with Crippen LogP contribution in [0.2, 0.25) is 0 Å². The van der Waals surface area contributed by atoms with Gasteiger partial charge in [-0.3, -0.25) is 0 Å². The first-order valence-electron chi connectivity index (χ1n) is 10.2. The summed E-state index contributed by atoms with van der Waals surface area (Å²) in [6.07, 6.45) is 2.48. The van der Waals surface area contributed by atoms with Crippen LogP contribution in [0, 0.1) is 0 Å². The molecule has 1 N–H and O–H groups in total. The average molecular weight is 380 g/mol. The predicted molar refractivity (Wildman–Crippen MR) is 110 cm³/mol. The van der Waals surface area contributed by atoms with Crippen LogP contribution in [0.5, 0.6) is 5.75 Å². The SMILES string of the molecule is CCc1cccc(OCC(O)CN2CCC(c3nc4ccccc4o3)CC2)c1. The molecule has 1 aliphatic rings. The number of hydrogen-bond acceptors (Lipinski definition) is 5. The molecular weight excluding hydrogens is 352 g/mol. The number of aromatic nitrogens is 1. The molecule has 1 fully saturated rings. The molecule has 28 heavy (non-hydrogen) atoms. The van der Waals surface area contributed by atoms with Gasteiger partial charge in [0, 0.05) is 12.5 Å². The minimum Gasteiger partial charge on any atom is -0.491 e. The van der Waals surface area contributed by atoms with Gasteiger partial charge in [0.1, 0.15) is 24.0 Å². The number of aliphatic hydroxyl groups excluding tert-OH is 1. The Labute approximate surface area is 165 Å². The number of hydrogen-bond donors (Lipinski definition) is 1. The minimum atomic E-state index is -0.494. The van der Waals surface area contributed by atoms with Crippen LogP contribution in [0.3, 0.4) is 0 Å². The van der Waals surface area contributed by atoms with Crippen LogP contribution in [-0.2, 0) is 6.42 Å². The Morgan fingerprint density at radius 1 is 1.18 bits per heavy atom. The molecule has 1 unspecified atom stereocenters. The zero-order chi connectivity index (χ0) is 19.3. The van der Waals surface area contributed by atoms with Gasteiger partial charge in [0.2, 0.25) is 0 Å². The molecule has 2 heterocycles. The molecule has 2 aromatic carbocycles. The highest BCUT2D eigenvalue weighted by molar-refractivity contribution is 5.72. The van der Waals surface area contributed by atoms with Gasteiger partial charge in [0.15, 0.2) is 11.5 Å². The van der Waals surface area contributed by atoms with Crippen molar-refractivity contribution in [1.29, 1.82) is 0 Å². The van der Waals surface area contributed by atoms with Gasteiger partial charge in [-0.05, 0) is 62.2 Å². The number of aliphatic hydroxyl groups is 1. The van der Waals surface area contributed by atoms with E-state index in [1.54, 1.807) is 0 Å². The normalized spacial score (nSPS) is 17.1. The maximum atomic E-state index is 10.4. The van der Waals surface area contributed by atoms with Crippen LogP contribution in [0.15, 0.2) is 52.9 Å². The largest absolute Gasteiger partial charge is 0.491 e. The molecule has 1 saturated heterocycles. The van der Waals surface area contributed by atoms with E-state index >= 15 is 0 Å². The van der Waals surface area contributed by atoms with Gasteiger partial charge in [-0.15, -0.1) is 0 Å². The highest BCUT2D eigenvalue weighted by Gasteiger charge is 2.25. The van der Waals surface area contributed by atoms with Crippen molar-refractivity contribution in [3.8, 4) is 5.75 Å². The first-order valence-corrected chi connectivity index (χ1v) is 10.2. The summed E-state index contributed by atoms with van der Waals surface area (Å²) in [7, 11) is 0. The summed E-state index contributed by atoms with van der Waals surface area (Å²) in [4.78, 5) is 6.95. The summed E-state index contributed by atoms with van der Waals surface area (Å²) in [6.45, 7) is 4.95. The number of rotatable bonds is 7. The summed E-state index contributed by atoms with van der Waals surface area (Å²) in [5, 5.41) is 10.4. The van der Waals surface area contributed by atoms with Gasteiger partial charge in [0.25, 0.3) is 0 Å². The second-order valence-electron chi connectivity index (χ2n) is 7.56. The van der Waals surface area contributed by atoms with E-state index in [1.165, 1.54) is 5.56 Å². The van der Waals surface area contributed by atoms with Gasteiger partial charge in [-0.25, -0.2) is 4.98 Å². The summed E-state index contributed by atoms with van der Waals surface area (Å²) in [5.74, 6) is 2.03. The van der Waals surface area contributed by atoms with Crippen LogP contribution in [0.1, 0.15) is 37.1 Å². The second-order valence-corrected chi connectivity index (χ2v) is 7.56. The Kier molecular flexibility index (Phi) is 5.93. The van der Waals surface area contributed by atoms with E-state index in [9.17, 15) is 5.11 Å². The number of benzene rings is 2. The zero-order valence-corrected chi connectivity index (χ0v) is 16.4. The van der Waals surface area contributed by atoms with E-state index < -0.39 is 6.10 Å². The molecule has 1 atom stereocenters. The fourth-order valence-corrected chi connectivity index (χ4v) is 3.83. The number of β-amino-alcohol motifs (C(OH)–C–C–N with tert-alkyl or cyclic N) is 1. The maximum Gasteiger partial charge on any atom is 0.198 e. The monoisotopic (exact) mass is 380 g/mol. The Balaban J connectivity index is 1.24. The van der Waals surface area contributed by atoms with E-state index in [4.69, 9.17) is 9.15 Å². The Bertz CT molecular complexity index is 867. The molecule has 0 bridgehead atoms. The molecule has 1 aliphatic heterocycles. The van der Waals surface area contributed by atoms with Crippen molar-refractivity contribution in [2.75, 3.05) is 26.2 Å². The van der Waals surface area contributed by atoms with E-state index in [0.29, 0.717) is 19.1 Å². The molecule has 0 aliphatic carbocycles. The molecule has 0 radical (unpaired) electrons. The third-order valence-electron chi connectivity index (χ3n) is 5.47. The minimum absolute atomic E-state index is 0.318. The van der Waals surface area contributed by atoms with Crippen molar-refractivity contribution < 1.29 is 14.3 Å². The lowest BCUT2D eigenvalue weighted by Crippen LogP contribution is -2.40. The maximum absolute atomic E-state index is 10.4. The number of fused-ring (bicyclic) bond motifs is 1. The van der Waals surface area contributed by atoms with Crippen molar-refractivity contribution in [3.05, 3.63) is 60.0 Å². The first-order chi connectivity index (χ1) is 13.7. The lowest BCUT2D eigenvalue weighted by Gasteiger charge is -2.31. The fraction of sp³-hybridized carbons (Fsp3) is 0.435. The van der Waals surface area contributed by atoms with Crippen molar-refractivity contribution in [2.24, 2.45) is 0 Å². The van der Waals surface area contributed by atoms with E-state index in [1.807, 2.05) is 42.5 Å². The summed E-state index contributed by atoms with van der Waals surface area (Å²) in [5.41, 5.74) is 3.03. The topological polar surface area (TPSA) is 58.7 Å². The van der Waals surface area contributed by atoms with Crippen LogP contribution in [0.4, 0.5) is 0 Å². The molecular formula is C23H28N2O3. The number of oxazole rings is 1. The van der Waals surface area contributed by atoms with Gasteiger partial charge < -0.3 is 19.2 Å². The fourth-order valence-electron chi connectivity index (χ4n) is 3.83. The van der Waals surface area contributed by atoms with Crippen molar-refractivity contribution >= 4 is 11.1 Å². The first kappa shape index (κ1) is 19.0. The molecule has 0 saturated carbocycles. The summed E-state index contributed by atoms with van der Waals surface area (Å²) in [6, 6.07) is 16.0. The molecule has 148 valence electrons. The highest BCUT2D eigenvalue weighted by atomic mass is 16.5. The van der Waals surface area contributed by atoms with Gasteiger partial charge in [0.05, 0.1) is 0 Å². The quantitative estimate of drug-likeness (QED) is 0.671. The highest BCUT2D eigenvalue weighted by Crippen LogP contribution is 2.29. The standard InChI is InChI=1S/C23H28N2O3/c1-2-17-6-5-7-20(14-17)27-16-19(26)15-25-12-10-18(11-13-25)23-24-21-8-3-4-9-22(21)28-23/h3-9,14,18-19,26H,2,10-13,15-16H2,1H3. The van der Waals surface area contributed by atoms with Gasteiger partial charge in [-0.1, -0.05) is 31.2 Å². The predicted octanol–water partition coefficient (Wildman–Crippen LogP) is 4.01. The van der Waals surface area contributed by atoms with Crippen LogP contribution in [-0.4, -0.2) is 47.3 Å². The van der Waals surface area contributed by atoms with Crippen LogP contribution >= 0.6 is 0 Å². The van der Waals surface area contributed by atoms with Crippen molar-refractivity contribution in [3.63, 3.8) is 0 Å². The number of ether oxygens (including phenoxy) is 1. The van der Waals surface area contributed by atoms with Crippen molar-refractivity contribution in [2.45, 2.75) is 38.2 Å². The number of aryl methyl sites for hydroxylation is 1. The zero-order valence-electron chi connectivity index (χ0n) is 16.4. The molecule has 1 aromatic heterocycles. The lowest BCUT2D eigenvalue weighted by atomic mass is 9.96. The summed E-state index contributed by atoms with van der Waals surface area (Å²) < 4.78 is 11.7. The Morgan fingerprint density at radius 2 is 2.00 bits per heavy atom. The third-order valence-corrected chi connectivity index (χ3v) is 5.47. The van der Waals surface area contributed by atoms with E-state index in [-0.39, 0.29) is 0 Å². The molecule has 4 rings (SSSR count). The smallest absolute Gasteiger partial charge is 0.198 e. The van der Waals surface area contributed by atoms with Crippen LogP contribution in [0.25, 0.3) is 11.1 Å². The second kappa shape index (κ2) is 8.76. The molecule has 0 amide bonds. The molecule has 5 heteroatoms. The van der Waals surface area contributed by atoms with Gasteiger partial charge in [-0.2, -0.15) is 0 Å². The molecule has 5 nitrogen and oxygen atoms in total. The average Bonchev–Trinajstić information content (AvgIpc) is 3.17. The van der Waals surface area contributed by atoms with E-state index in [0.717, 1.165) is 55.1 Å². The number of nitrogens with zero attached hydrogens (tertiary/aromatic N) is 2. The van der Waals surface area contributed by atoms with Crippen LogP contribution < -0.4 is 4.74 Å². The summed E-state index contributed by atoms with van der Waals surface area (Å²) >= 11 is 0. The van der Waals surface area contributed by atoms with E-state index in [2.05, 4.69) is 22.9 Å². The Morgan fingerprint density at radius 3 is 2.79 bits per heavy atom. The molecule has 3 aromatic rings. The Hall–Kier alpha value is -2.37. The van der Waals surface area contributed by atoms with Crippen molar-refractivity contribution in [1.82, 2.24) is 9.88 Å². The number of para-hydroxylation sites is 2. The number of piperidine rings is 1. The lowest BCUT2D eigenvalue weighted by molar-refractivity contribution is 0.0583. The number of likely N-dealkylation sites (tertiary alicyclic amines) is 1.